The second-order valence-electron chi connectivity index (χ2n) is 4.15. The highest BCUT2D eigenvalue weighted by molar-refractivity contribution is 5.79. The normalized spacial score (nSPS) is 13.5. The van der Waals surface area contributed by atoms with Crippen molar-refractivity contribution in [2.45, 2.75) is 32.2 Å². The Morgan fingerprint density at radius 3 is 2.82 bits per heavy atom. The fourth-order valence-electron chi connectivity index (χ4n) is 1.38. The van der Waals surface area contributed by atoms with Gasteiger partial charge < -0.3 is 5.32 Å². The molecule has 0 radical (unpaired) electrons. The summed E-state index contributed by atoms with van der Waals surface area (Å²) in [7, 11) is 0. The zero-order chi connectivity index (χ0) is 12.9. The van der Waals surface area contributed by atoms with Crippen LogP contribution < -0.4 is 5.32 Å². The lowest BCUT2D eigenvalue weighted by molar-refractivity contribution is -0.121. The van der Waals surface area contributed by atoms with E-state index in [1.54, 1.807) is 19.1 Å². The number of rotatable bonds is 4. The lowest BCUT2D eigenvalue weighted by Gasteiger charge is -2.21. The molecule has 90 valence electrons. The number of nitriles is 1. The minimum Gasteiger partial charge on any atom is -0.338 e. The molecule has 0 aliphatic carbocycles. The van der Waals surface area contributed by atoms with Gasteiger partial charge in [-0.1, -0.05) is 19.1 Å². The summed E-state index contributed by atoms with van der Waals surface area (Å²) in [4.78, 5) is 11.7. The van der Waals surface area contributed by atoms with Crippen LogP contribution in [0.3, 0.4) is 0 Å². The summed E-state index contributed by atoms with van der Waals surface area (Å²) in [6.45, 7) is 3.49. The maximum atomic E-state index is 12.9. The van der Waals surface area contributed by atoms with E-state index >= 15 is 0 Å². The molecule has 0 unspecified atom stereocenters. The average molecular weight is 234 g/mol. The maximum absolute atomic E-state index is 12.9. The topological polar surface area (TPSA) is 52.9 Å². The molecule has 0 spiro atoms. The van der Waals surface area contributed by atoms with Crippen molar-refractivity contribution in [1.29, 1.82) is 5.26 Å². The van der Waals surface area contributed by atoms with E-state index in [1.165, 1.54) is 12.1 Å². The summed E-state index contributed by atoms with van der Waals surface area (Å²) in [5, 5.41) is 11.6. The molecule has 17 heavy (non-hydrogen) atoms. The minimum atomic E-state index is -0.857. The third-order valence-corrected chi connectivity index (χ3v) is 2.62. The molecular weight excluding hydrogens is 219 g/mol. The smallest absolute Gasteiger partial charge is 0.225 e. The first-order chi connectivity index (χ1) is 7.99. The predicted octanol–water partition coefficient (Wildman–Crippen LogP) is 2.18. The summed E-state index contributed by atoms with van der Waals surface area (Å²) in [6, 6.07) is 7.93. The van der Waals surface area contributed by atoms with E-state index in [0.29, 0.717) is 12.0 Å². The first-order valence-electron chi connectivity index (χ1n) is 5.46. The van der Waals surface area contributed by atoms with Crippen LogP contribution in [-0.2, 0) is 11.2 Å². The van der Waals surface area contributed by atoms with Crippen LogP contribution >= 0.6 is 0 Å². The highest BCUT2D eigenvalue weighted by atomic mass is 19.1. The number of hydrogen-bond donors (Lipinski definition) is 1. The number of halogens is 1. The van der Waals surface area contributed by atoms with Gasteiger partial charge in [0.05, 0.1) is 12.5 Å². The van der Waals surface area contributed by atoms with Crippen LogP contribution in [0.25, 0.3) is 0 Å². The van der Waals surface area contributed by atoms with Crippen molar-refractivity contribution in [1.82, 2.24) is 5.32 Å². The third-order valence-electron chi connectivity index (χ3n) is 2.62. The Morgan fingerprint density at radius 2 is 2.29 bits per heavy atom. The molecule has 0 bridgehead atoms. The van der Waals surface area contributed by atoms with E-state index in [9.17, 15) is 9.18 Å². The molecule has 1 amide bonds. The van der Waals surface area contributed by atoms with Crippen LogP contribution in [0.5, 0.6) is 0 Å². The molecule has 1 atom stereocenters. The predicted molar refractivity (Wildman–Crippen MR) is 62.6 cm³/mol. The van der Waals surface area contributed by atoms with Gasteiger partial charge in [-0.15, -0.1) is 0 Å². The number of carbonyl (C=O) groups excluding carboxylic acids is 1. The number of benzene rings is 1. The van der Waals surface area contributed by atoms with Gasteiger partial charge in [-0.05, 0) is 31.0 Å². The molecule has 1 N–H and O–H groups in total. The summed E-state index contributed by atoms with van der Waals surface area (Å²) in [5.74, 6) is -0.643. The maximum Gasteiger partial charge on any atom is 0.225 e. The van der Waals surface area contributed by atoms with Gasteiger partial charge in [0.15, 0.2) is 0 Å². The third kappa shape index (κ3) is 3.87. The van der Waals surface area contributed by atoms with E-state index in [1.807, 2.05) is 6.92 Å². The largest absolute Gasteiger partial charge is 0.338 e. The molecular formula is C13H15FN2O. The number of hydrogen-bond acceptors (Lipinski definition) is 2. The SMILES string of the molecule is CC[C@@](C)(C#N)NC(=O)Cc1cccc(F)c1. The number of carbonyl (C=O) groups is 1. The van der Waals surface area contributed by atoms with Gasteiger partial charge in [0.1, 0.15) is 11.4 Å². The number of amides is 1. The quantitative estimate of drug-likeness (QED) is 0.868. The van der Waals surface area contributed by atoms with Crippen molar-refractivity contribution in [3.05, 3.63) is 35.6 Å². The summed E-state index contributed by atoms with van der Waals surface area (Å²) < 4.78 is 12.9. The molecule has 0 saturated carbocycles. The Kier molecular flexibility index (Phi) is 4.22. The van der Waals surface area contributed by atoms with Crippen LogP contribution in [0.1, 0.15) is 25.8 Å². The summed E-state index contributed by atoms with van der Waals surface area (Å²) >= 11 is 0. The Labute approximate surface area is 100 Å². The van der Waals surface area contributed by atoms with Gasteiger partial charge >= 0.3 is 0 Å². The number of nitrogens with one attached hydrogen (secondary N) is 1. The molecule has 1 aromatic rings. The zero-order valence-corrected chi connectivity index (χ0v) is 9.96. The second-order valence-corrected chi connectivity index (χ2v) is 4.15. The van der Waals surface area contributed by atoms with Crippen LogP contribution in [-0.4, -0.2) is 11.4 Å². The number of nitrogens with zero attached hydrogens (tertiary/aromatic N) is 1. The Balaban J connectivity index is 2.65. The molecule has 3 nitrogen and oxygen atoms in total. The van der Waals surface area contributed by atoms with Crippen LogP contribution in [0.4, 0.5) is 4.39 Å². The Morgan fingerprint density at radius 1 is 1.59 bits per heavy atom. The highest BCUT2D eigenvalue weighted by Gasteiger charge is 2.23. The molecule has 0 aliphatic rings. The van der Waals surface area contributed by atoms with Gasteiger partial charge in [-0.2, -0.15) is 5.26 Å². The van der Waals surface area contributed by atoms with Gasteiger partial charge in [0.2, 0.25) is 5.91 Å². The average Bonchev–Trinajstić information content (AvgIpc) is 2.28. The fourth-order valence-corrected chi connectivity index (χ4v) is 1.38. The Bertz CT molecular complexity index is 453. The lowest BCUT2D eigenvalue weighted by atomic mass is 10.0. The highest BCUT2D eigenvalue weighted by Crippen LogP contribution is 2.09. The summed E-state index contributed by atoms with van der Waals surface area (Å²) in [6.07, 6.45) is 0.605. The summed E-state index contributed by atoms with van der Waals surface area (Å²) in [5.41, 5.74) is -0.261. The van der Waals surface area contributed by atoms with Crippen molar-refractivity contribution in [2.24, 2.45) is 0 Å². The minimum absolute atomic E-state index is 0.0784. The van der Waals surface area contributed by atoms with Crippen LogP contribution in [0.2, 0.25) is 0 Å². The van der Waals surface area contributed by atoms with Gasteiger partial charge in [-0.25, -0.2) is 4.39 Å². The zero-order valence-electron chi connectivity index (χ0n) is 9.96. The van der Waals surface area contributed by atoms with E-state index in [4.69, 9.17) is 5.26 Å². The standard InChI is InChI=1S/C13H15FN2O/c1-3-13(2,9-15)16-12(17)8-10-5-4-6-11(14)7-10/h4-7H,3,8H2,1-2H3,(H,16,17)/t13-/m0/s1. The van der Waals surface area contributed by atoms with Gasteiger partial charge in [0, 0.05) is 0 Å². The molecule has 0 heterocycles. The van der Waals surface area contributed by atoms with Crippen molar-refractivity contribution in [3.8, 4) is 6.07 Å². The van der Waals surface area contributed by atoms with Crippen molar-refractivity contribution >= 4 is 5.91 Å². The first-order valence-corrected chi connectivity index (χ1v) is 5.46. The van der Waals surface area contributed by atoms with E-state index in [-0.39, 0.29) is 18.1 Å². The molecule has 0 aliphatic heterocycles. The monoisotopic (exact) mass is 234 g/mol. The van der Waals surface area contributed by atoms with Crippen molar-refractivity contribution in [2.75, 3.05) is 0 Å². The van der Waals surface area contributed by atoms with E-state index < -0.39 is 5.54 Å². The second kappa shape index (κ2) is 5.44. The first kappa shape index (κ1) is 13.2. The van der Waals surface area contributed by atoms with E-state index in [0.717, 1.165) is 0 Å². The molecule has 0 saturated heterocycles. The van der Waals surface area contributed by atoms with E-state index in [2.05, 4.69) is 11.4 Å². The molecule has 4 heteroatoms. The molecule has 0 aromatic heterocycles. The fraction of sp³-hybridized carbons (Fsp3) is 0.385. The van der Waals surface area contributed by atoms with Crippen LogP contribution in [0.15, 0.2) is 24.3 Å². The molecule has 0 fully saturated rings. The molecule has 1 rings (SSSR count). The lowest BCUT2D eigenvalue weighted by Crippen LogP contribution is -2.44. The van der Waals surface area contributed by atoms with Crippen molar-refractivity contribution in [3.63, 3.8) is 0 Å². The van der Waals surface area contributed by atoms with Crippen molar-refractivity contribution < 1.29 is 9.18 Å². The Hall–Kier alpha value is -1.89. The van der Waals surface area contributed by atoms with Gasteiger partial charge in [0.25, 0.3) is 0 Å². The molecule has 1 aromatic carbocycles. The van der Waals surface area contributed by atoms with Gasteiger partial charge in [-0.3, -0.25) is 4.79 Å². The van der Waals surface area contributed by atoms with Crippen LogP contribution in [0, 0.1) is 17.1 Å².